The van der Waals surface area contributed by atoms with Gasteiger partial charge in [0.15, 0.2) is 5.78 Å². The molecular weight excluding hydrogens is 550 g/mol. The molecule has 0 spiro atoms. The maximum Gasteiger partial charge on any atom is 0.274 e. The van der Waals surface area contributed by atoms with Crippen LogP contribution in [0.2, 0.25) is 5.02 Å². The van der Waals surface area contributed by atoms with Crippen molar-refractivity contribution in [1.82, 2.24) is 10.0 Å². The molecule has 2 atom stereocenters. The van der Waals surface area contributed by atoms with E-state index in [1.165, 1.54) is 60.7 Å². The lowest BCUT2D eigenvalue weighted by Gasteiger charge is -2.30. The molecule has 10 nitrogen and oxygen atoms in total. The number of nitro benzene ring substituents is 1. The summed E-state index contributed by atoms with van der Waals surface area (Å²) in [5, 5.41) is 12.7. The summed E-state index contributed by atoms with van der Waals surface area (Å²) in [6.45, 7) is 1.32. The minimum absolute atomic E-state index is 0.0542. The lowest BCUT2D eigenvalue weighted by atomic mass is 9.82. The molecule has 5 rings (SSSR count). The van der Waals surface area contributed by atoms with Gasteiger partial charge in [0.25, 0.3) is 23.4 Å². The van der Waals surface area contributed by atoms with E-state index in [9.17, 15) is 29.3 Å². The average Bonchev–Trinajstić information content (AvgIpc) is 3.20. The highest BCUT2D eigenvalue weighted by molar-refractivity contribution is 6.34. The van der Waals surface area contributed by atoms with Crippen LogP contribution in [0, 0.1) is 22.0 Å². The molecule has 41 heavy (non-hydrogen) atoms. The van der Waals surface area contributed by atoms with Crippen molar-refractivity contribution in [2.24, 2.45) is 11.8 Å². The smallest absolute Gasteiger partial charge is 0.274 e. The first-order valence-electron chi connectivity index (χ1n) is 12.8. The number of halogens is 1. The van der Waals surface area contributed by atoms with Gasteiger partial charge in [0.2, 0.25) is 0 Å². The van der Waals surface area contributed by atoms with E-state index in [2.05, 4.69) is 0 Å². The normalized spacial score (nSPS) is 18.0. The van der Waals surface area contributed by atoms with Crippen LogP contribution in [0.4, 0.5) is 5.69 Å². The first-order chi connectivity index (χ1) is 19.6. The zero-order valence-electron chi connectivity index (χ0n) is 21.9. The van der Waals surface area contributed by atoms with Gasteiger partial charge in [0.1, 0.15) is 18.0 Å². The number of nitro groups is 1. The predicted octanol–water partition coefficient (Wildman–Crippen LogP) is 5.62. The number of benzene rings is 3. The first kappa shape index (κ1) is 27.7. The fraction of sp³-hybridized carbons (Fsp3) is 0.200. The van der Waals surface area contributed by atoms with E-state index >= 15 is 0 Å². The topological polar surface area (TPSA) is 127 Å². The number of non-ortho nitro benzene ring substituents is 1. The largest absolute Gasteiger partial charge is 0.457 e. The Labute approximate surface area is 239 Å². The lowest BCUT2D eigenvalue weighted by molar-refractivity contribution is -0.384. The van der Waals surface area contributed by atoms with Gasteiger partial charge in [0.05, 0.1) is 27.3 Å². The van der Waals surface area contributed by atoms with Crippen molar-refractivity contribution < 1.29 is 28.8 Å². The SMILES string of the molecule is CC1=CC[C@H]2C(=O)N(N(CC(=O)c3ccc(Oc4ccc([N+](=O)[O-])cc4)cc3)C(=O)c3ccccc3Cl)C(=O)[C@H]2C1. The summed E-state index contributed by atoms with van der Waals surface area (Å²) in [7, 11) is 0. The average molecular weight is 574 g/mol. The van der Waals surface area contributed by atoms with Gasteiger partial charge >= 0.3 is 0 Å². The summed E-state index contributed by atoms with van der Waals surface area (Å²) < 4.78 is 5.69. The summed E-state index contributed by atoms with van der Waals surface area (Å²) in [5.74, 6) is -2.76. The second-order valence-electron chi connectivity index (χ2n) is 9.83. The Kier molecular flexibility index (Phi) is 7.67. The number of ketones is 1. The fourth-order valence-electron chi connectivity index (χ4n) is 4.97. The standard InChI is InChI=1S/C30H24ClN3O7/c1-18-6-15-23-25(16-18)30(38)33(29(23)37)32(28(36)24-4-2-3-5-26(24)31)17-27(35)19-7-11-21(12-8-19)41-22-13-9-20(10-14-22)34(39)40/h2-14,23,25H,15-17H2,1H3/t23-,25+/m1/s1. The Morgan fingerprint density at radius 1 is 0.976 bits per heavy atom. The van der Waals surface area contributed by atoms with Crippen molar-refractivity contribution in [2.75, 3.05) is 6.54 Å². The summed E-state index contributed by atoms with van der Waals surface area (Å²) in [5.41, 5.74) is 1.19. The molecule has 3 aromatic carbocycles. The highest BCUT2D eigenvalue weighted by atomic mass is 35.5. The molecule has 1 aliphatic carbocycles. The van der Waals surface area contributed by atoms with E-state index in [0.717, 1.165) is 15.6 Å². The van der Waals surface area contributed by atoms with Crippen LogP contribution in [0.1, 0.15) is 40.5 Å². The second-order valence-corrected chi connectivity index (χ2v) is 10.2. The van der Waals surface area contributed by atoms with Gasteiger partial charge in [0, 0.05) is 17.7 Å². The Morgan fingerprint density at radius 3 is 2.22 bits per heavy atom. The number of Topliss-reactive ketones (excluding diaryl/α,β-unsaturated/α-hetero) is 1. The molecule has 208 valence electrons. The molecule has 1 saturated heterocycles. The number of hydrogen-bond acceptors (Lipinski definition) is 7. The van der Waals surface area contributed by atoms with E-state index in [1.807, 2.05) is 13.0 Å². The number of fused-ring (bicyclic) bond motifs is 1. The van der Waals surface area contributed by atoms with Crippen molar-refractivity contribution in [2.45, 2.75) is 19.8 Å². The van der Waals surface area contributed by atoms with Crippen LogP contribution < -0.4 is 4.74 Å². The highest BCUT2D eigenvalue weighted by Crippen LogP contribution is 2.39. The molecule has 3 aromatic rings. The monoisotopic (exact) mass is 573 g/mol. The number of hydrazine groups is 1. The van der Waals surface area contributed by atoms with Crippen LogP contribution in [-0.4, -0.2) is 45.0 Å². The van der Waals surface area contributed by atoms with Crippen molar-refractivity contribution in [1.29, 1.82) is 0 Å². The van der Waals surface area contributed by atoms with E-state index in [4.69, 9.17) is 16.3 Å². The van der Waals surface area contributed by atoms with Crippen LogP contribution in [0.25, 0.3) is 0 Å². The highest BCUT2D eigenvalue weighted by Gasteiger charge is 2.51. The molecule has 0 bridgehead atoms. The Balaban J connectivity index is 1.38. The number of nitrogens with zero attached hydrogens (tertiary/aromatic N) is 3. The van der Waals surface area contributed by atoms with Gasteiger partial charge < -0.3 is 4.74 Å². The number of rotatable bonds is 8. The molecule has 0 saturated carbocycles. The predicted molar refractivity (Wildman–Crippen MR) is 148 cm³/mol. The third-order valence-electron chi connectivity index (χ3n) is 7.13. The molecule has 0 aromatic heterocycles. The Bertz CT molecular complexity index is 1580. The number of hydrogen-bond donors (Lipinski definition) is 0. The minimum atomic E-state index is -0.743. The summed E-state index contributed by atoms with van der Waals surface area (Å²) in [6.07, 6.45) is 2.71. The summed E-state index contributed by atoms with van der Waals surface area (Å²) >= 11 is 6.27. The van der Waals surface area contributed by atoms with Crippen molar-refractivity contribution in [3.8, 4) is 11.5 Å². The van der Waals surface area contributed by atoms with E-state index < -0.39 is 46.8 Å². The third-order valence-corrected chi connectivity index (χ3v) is 7.46. The van der Waals surface area contributed by atoms with Gasteiger partial charge in [-0.25, -0.2) is 5.01 Å². The van der Waals surface area contributed by atoms with Crippen LogP contribution in [0.3, 0.4) is 0 Å². The molecule has 2 aliphatic rings. The van der Waals surface area contributed by atoms with Crippen molar-refractivity contribution >= 4 is 40.8 Å². The zero-order valence-corrected chi connectivity index (χ0v) is 22.6. The van der Waals surface area contributed by atoms with Crippen LogP contribution in [0.15, 0.2) is 84.4 Å². The van der Waals surface area contributed by atoms with E-state index in [0.29, 0.717) is 24.3 Å². The third kappa shape index (κ3) is 5.59. The quantitative estimate of drug-likeness (QED) is 0.112. The van der Waals surface area contributed by atoms with Crippen LogP contribution >= 0.6 is 11.6 Å². The minimum Gasteiger partial charge on any atom is -0.457 e. The molecule has 0 N–H and O–H groups in total. The zero-order chi connectivity index (χ0) is 29.3. The lowest BCUT2D eigenvalue weighted by Crippen LogP contribution is -2.52. The fourth-order valence-corrected chi connectivity index (χ4v) is 5.19. The molecular formula is C30H24ClN3O7. The van der Waals surface area contributed by atoms with Crippen LogP contribution in [0.5, 0.6) is 11.5 Å². The Hall–Kier alpha value is -4.83. The number of allylic oxidation sites excluding steroid dienone is 2. The van der Waals surface area contributed by atoms with E-state index in [-0.39, 0.29) is 21.8 Å². The molecule has 0 radical (unpaired) electrons. The second kappa shape index (κ2) is 11.3. The van der Waals surface area contributed by atoms with Gasteiger partial charge in [-0.1, -0.05) is 35.4 Å². The van der Waals surface area contributed by atoms with Crippen molar-refractivity contribution in [3.63, 3.8) is 0 Å². The number of imide groups is 1. The molecule has 0 unspecified atom stereocenters. The maximum atomic E-state index is 13.7. The molecule has 1 fully saturated rings. The molecule has 1 heterocycles. The molecule has 1 aliphatic heterocycles. The summed E-state index contributed by atoms with van der Waals surface area (Å²) in [6, 6.07) is 17.8. The van der Waals surface area contributed by atoms with Gasteiger partial charge in [-0.2, -0.15) is 5.01 Å². The summed E-state index contributed by atoms with van der Waals surface area (Å²) in [4.78, 5) is 64.2. The van der Waals surface area contributed by atoms with Gasteiger partial charge in [-0.15, -0.1) is 0 Å². The molecule has 11 heteroatoms. The van der Waals surface area contributed by atoms with E-state index in [1.54, 1.807) is 12.1 Å². The van der Waals surface area contributed by atoms with Crippen molar-refractivity contribution in [3.05, 3.63) is 111 Å². The number of carbonyl (C=O) groups excluding carboxylic acids is 4. The number of carbonyl (C=O) groups is 4. The van der Waals surface area contributed by atoms with Gasteiger partial charge in [-0.05, 0) is 68.3 Å². The van der Waals surface area contributed by atoms with Gasteiger partial charge in [-0.3, -0.25) is 29.3 Å². The first-order valence-corrected chi connectivity index (χ1v) is 13.2. The molecule has 3 amide bonds. The Morgan fingerprint density at radius 2 is 1.59 bits per heavy atom. The maximum absolute atomic E-state index is 13.7. The number of ether oxygens (including phenoxy) is 1. The number of amides is 3. The van der Waals surface area contributed by atoms with Crippen LogP contribution in [-0.2, 0) is 9.59 Å².